The van der Waals surface area contributed by atoms with Crippen LogP contribution >= 0.6 is 31.9 Å². The zero-order valence-electron chi connectivity index (χ0n) is 15.4. The molecule has 2 nitrogen and oxygen atoms in total. The average molecular weight is 504 g/mol. The second-order valence-electron chi connectivity index (χ2n) is 7.29. The largest absolute Gasteiger partial charge is 0.371 e. The van der Waals surface area contributed by atoms with E-state index >= 15 is 0 Å². The molecular formula is C22H24Br2N2Si. The molecule has 0 saturated carbocycles. The first-order valence-corrected chi connectivity index (χ1v) is 13.2. The van der Waals surface area contributed by atoms with Crippen LogP contribution in [0.5, 0.6) is 0 Å². The van der Waals surface area contributed by atoms with Crippen molar-refractivity contribution < 1.29 is 0 Å². The summed E-state index contributed by atoms with van der Waals surface area (Å²) in [6.07, 6.45) is 2.56. The highest BCUT2D eigenvalue weighted by Crippen LogP contribution is 2.28. The number of halogens is 2. The van der Waals surface area contributed by atoms with Gasteiger partial charge < -0.3 is 9.80 Å². The molecule has 27 heavy (non-hydrogen) atoms. The van der Waals surface area contributed by atoms with Crippen LogP contribution in [0, 0.1) is 0 Å². The number of anilines is 2. The van der Waals surface area contributed by atoms with Crippen LogP contribution in [0.3, 0.4) is 0 Å². The van der Waals surface area contributed by atoms with Crippen LogP contribution in [0.1, 0.15) is 12.8 Å². The van der Waals surface area contributed by atoms with Gasteiger partial charge in [0, 0.05) is 46.5 Å². The number of nitrogens with zero attached hydrogens (tertiary/aromatic N) is 2. The third-order valence-corrected chi connectivity index (χ3v) is 11.9. The van der Waals surface area contributed by atoms with Gasteiger partial charge in [-0.05, 0) is 59.6 Å². The van der Waals surface area contributed by atoms with Crippen LogP contribution < -0.4 is 20.2 Å². The lowest BCUT2D eigenvalue weighted by Crippen LogP contribution is -2.57. The summed E-state index contributed by atoms with van der Waals surface area (Å²) < 4.78 is 2.28. The SMILES string of the molecule is C=C[Si](C=C)(c1cc(N2CCC2)ccc1Br)c1cc(N2CCC2)ccc1Br. The highest BCUT2D eigenvalue weighted by Gasteiger charge is 2.36. The lowest BCUT2D eigenvalue weighted by Gasteiger charge is -2.36. The van der Waals surface area contributed by atoms with E-state index in [2.05, 4.69) is 103 Å². The quantitative estimate of drug-likeness (QED) is 0.529. The maximum Gasteiger partial charge on any atom is 0.166 e. The Morgan fingerprint density at radius 3 is 1.44 bits per heavy atom. The number of hydrogen-bond donors (Lipinski definition) is 0. The Hall–Kier alpha value is -1.30. The third-order valence-electron chi connectivity index (χ3n) is 5.88. The molecule has 0 aliphatic carbocycles. The summed E-state index contributed by atoms with van der Waals surface area (Å²) in [4.78, 5) is 4.87. The van der Waals surface area contributed by atoms with Gasteiger partial charge in [-0.15, -0.1) is 13.2 Å². The maximum atomic E-state index is 4.28. The van der Waals surface area contributed by atoms with E-state index in [4.69, 9.17) is 0 Å². The van der Waals surface area contributed by atoms with Crippen molar-refractivity contribution >= 4 is 61.7 Å². The molecule has 0 aromatic heterocycles. The van der Waals surface area contributed by atoms with Gasteiger partial charge in [-0.1, -0.05) is 43.3 Å². The van der Waals surface area contributed by atoms with Crippen LogP contribution in [0.2, 0.25) is 0 Å². The predicted molar refractivity (Wildman–Crippen MR) is 127 cm³/mol. The van der Waals surface area contributed by atoms with Crippen molar-refractivity contribution in [2.45, 2.75) is 12.8 Å². The molecule has 140 valence electrons. The second kappa shape index (κ2) is 7.61. The summed E-state index contributed by atoms with van der Waals surface area (Å²) >= 11 is 7.65. The summed E-state index contributed by atoms with van der Waals surface area (Å²) in [7, 11) is -2.34. The Morgan fingerprint density at radius 2 is 1.15 bits per heavy atom. The van der Waals surface area contributed by atoms with E-state index in [9.17, 15) is 0 Å². The van der Waals surface area contributed by atoms with Crippen LogP contribution in [0.15, 0.2) is 69.9 Å². The van der Waals surface area contributed by atoms with Gasteiger partial charge in [0.25, 0.3) is 0 Å². The molecule has 2 aromatic carbocycles. The molecule has 0 radical (unpaired) electrons. The minimum atomic E-state index is -2.34. The molecule has 0 spiro atoms. The number of benzene rings is 2. The van der Waals surface area contributed by atoms with Gasteiger partial charge in [-0.25, -0.2) is 0 Å². The van der Waals surface area contributed by atoms with E-state index < -0.39 is 8.07 Å². The second-order valence-corrected chi connectivity index (χ2v) is 12.6. The first kappa shape index (κ1) is 19.0. The molecule has 2 fully saturated rings. The fourth-order valence-corrected chi connectivity index (χ4v) is 9.40. The summed E-state index contributed by atoms with van der Waals surface area (Å²) in [5, 5.41) is 2.64. The smallest absolute Gasteiger partial charge is 0.166 e. The summed E-state index contributed by atoms with van der Waals surface area (Å²) in [5.41, 5.74) is 6.91. The minimum absolute atomic E-state index is 1.14. The number of hydrogen-bond acceptors (Lipinski definition) is 2. The molecule has 2 aliphatic rings. The van der Waals surface area contributed by atoms with Gasteiger partial charge in [-0.2, -0.15) is 0 Å². The minimum Gasteiger partial charge on any atom is -0.371 e. The molecular weight excluding hydrogens is 480 g/mol. The van der Waals surface area contributed by atoms with Gasteiger partial charge >= 0.3 is 0 Å². The molecule has 2 aliphatic heterocycles. The average Bonchev–Trinajstić information content (AvgIpc) is 2.58. The molecule has 0 N–H and O–H groups in total. The highest BCUT2D eigenvalue weighted by molar-refractivity contribution is 9.11. The molecule has 0 unspecified atom stereocenters. The number of rotatable bonds is 6. The van der Waals surface area contributed by atoms with Crippen molar-refractivity contribution in [1.82, 2.24) is 0 Å². The molecule has 0 bridgehead atoms. The Morgan fingerprint density at radius 1 is 0.741 bits per heavy atom. The molecule has 2 heterocycles. The summed E-state index contributed by atoms with van der Waals surface area (Å²) in [6, 6.07) is 13.5. The van der Waals surface area contributed by atoms with Crippen LogP contribution in [0.25, 0.3) is 0 Å². The predicted octanol–water partition coefficient (Wildman–Crippen LogP) is 4.65. The summed E-state index contributed by atoms with van der Waals surface area (Å²) in [6.45, 7) is 13.1. The fraction of sp³-hybridized carbons (Fsp3) is 0.273. The lowest BCUT2D eigenvalue weighted by molar-refractivity contribution is 0.618. The topological polar surface area (TPSA) is 6.48 Å². The fourth-order valence-electron chi connectivity index (χ4n) is 3.87. The van der Waals surface area contributed by atoms with Crippen molar-refractivity contribution in [2.24, 2.45) is 0 Å². The standard InChI is InChI=1S/C22H24Br2N2Si/c1-3-27(4-2,21-15-17(7-9-19(21)23)25-11-5-12-25)22-16-18(8-10-20(22)24)26-13-6-14-26/h3-4,7-10,15-16H,1-2,5-6,11-14H2. The molecule has 4 rings (SSSR count). The first-order chi connectivity index (χ1) is 13.1. The van der Waals surface area contributed by atoms with Crippen LogP contribution in [0.4, 0.5) is 11.4 Å². The molecule has 2 aromatic rings. The normalized spacial score (nSPS) is 16.5. The third kappa shape index (κ3) is 3.24. The molecule has 0 amide bonds. The zero-order chi connectivity index (χ0) is 19.0. The molecule has 0 atom stereocenters. The highest BCUT2D eigenvalue weighted by atomic mass is 79.9. The lowest BCUT2D eigenvalue weighted by atomic mass is 10.2. The van der Waals surface area contributed by atoms with Crippen molar-refractivity contribution in [2.75, 3.05) is 36.0 Å². The van der Waals surface area contributed by atoms with Gasteiger partial charge in [0.15, 0.2) is 8.07 Å². The zero-order valence-corrected chi connectivity index (χ0v) is 19.6. The Balaban J connectivity index is 1.86. The van der Waals surface area contributed by atoms with Crippen molar-refractivity contribution in [3.63, 3.8) is 0 Å². The van der Waals surface area contributed by atoms with Gasteiger partial charge in [0.1, 0.15) is 0 Å². The van der Waals surface area contributed by atoms with Gasteiger partial charge in [0.05, 0.1) is 0 Å². The maximum absolute atomic E-state index is 4.28. The van der Waals surface area contributed by atoms with Crippen molar-refractivity contribution in [1.29, 1.82) is 0 Å². The van der Waals surface area contributed by atoms with Crippen molar-refractivity contribution in [3.8, 4) is 0 Å². The van der Waals surface area contributed by atoms with E-state index in [0.29, 0.717) is 0 Å². The Kier molecular flexibility index (Phi) is 5.36. The molecule has 2 saturated heterocycles. The van der Waals surface area contributed by atoms with E-state index in [0.717, 1.165) is 35.1 Å². The van der Waals surface area contributed by atoms with Gasteiger partial charge in [0.2, 0.25) is 0 Å². The van der Waals surface area contributed by atoms with E-state index in [1.54, 1.807) is 0 Å². The van der Waals surface area contributed by atoms with E-state index in [1.807, 2.05) is 0 Å². The van der Waals surface area contributed by atoms with Crippen molar-refractivity contribution in [3.05, 3.63) is 69.9 Å². The Bertz CT molecular complexity index is 814. The van der Waals surface area contributed by atoms with Gasteiger partial charge in [-0.3, -0.25) is 0 Å². The Labute approximate surface area is 179 Å². The van der Waals surface area contributed by atoms with E-state index in [-0.39, 0.29) is 0 Å². The van der Waals surface area contributed by atoms with Crippen LogP contribution in [-0.4, -0.2) is 34.3 Å². The van der Waals surface area contributed by atoms with Crippen LogP contribution in [-0.2, 0) is 0 Å². The summed E-state index contributed by atoms with van der Waals surface area (Å²) in [5.74, 6) is 0. The monoisotopic (exact) mass is 502 g/mol. The first-order valence-electron chi connectivity index (χ1n) is 9.46. The van der Waals surface area contributed by atoms with E-state index in [1.165, 1.54) is 34.6 Å². The molecule has 5 heteroatoms.